The first-order valence-electron chi connectivity index (χ1n) is 7.29. The monoisotopic (exact) mass is 360 g/mol. The number of piperidine rings is 1. The van der Waals surface area contributed by atoms with Gasteiger partial charge in [-0.3, -0.25) is 9.78 Å². The molecule has 1 saturated heterocycles. The van der Waals surface area contributed by atoms with Crippen molar-refractivity contribution in [2.45, 2.75) is 19.8 Å². The Hall–Kier alpha value is -1.88. The summed E-state index contributed by atoms with van der Waals surface area (Å²) < 4.78 is 5.92. The van der Waals surface area contributed by atoms with Crippen molar-refractivity contribution >= 4 is 27.9 Å². The van der Waals surface area contributed by atoms with Crippen LogP contribution in [-0.2, 0) is 0 Å². The molecule has 0 aliphatic carbocycles. The summed E-state index contributed by atoms with van der Waals surface area (Å²) in [4.78, 5) is 18.6. The number of furan rings is 1. The Morgan fingerprint density at radius 2 is 2.05 bits per heavy atom. The summed E-state index contributed by atoms with van der Waals surface area (Å²) in [6.07, 6.45) is 3.89. The van der Waals surface area contributed by atoms with Gasteiger partial charge >= 0.3 is 0 Å². The highest BCUT2D eigenvalue weighted by Gasteiger charge is 2.22. The number of carbonyl (C=O) groups excluding carboxylic acids is 1. The van der Waals surface area contributed by atoms with Gasteiger partial charge in [0.05, 0.1) is 5.69 Å². The number of hydrogen-bond acceptors (Lipinski definition) is 3. The van der Waals surface area contributed by atoms with E-state index in [2.05, 4.69) is 27.0 Å². The molecule has 114 valence electrons. The van der Waals surface area contributed by atoms with E-state index >= 15 is 0 Å². The average Bonchev–Trinajstić information content (AvgIpc) is 2.94. The van der Waals surface area contributed by atoms with E-state index in [1.807, 2.05) is 30.0 Å². The van der Waals surface area contributed by atoms with Crippen molar-refractivity contribution in [3.05, 3.63) is 57.7 Å². The van der Waals surface area contributed by atoms with Crippen molar-refractivity contribution in [3.63, 3.8) is 0 Å². The molecule has 1 fully saturated rings. The van der Waals surface area contributed by atoms with Gasteiger partial charge in [0.1, 0.15) is 0 Å². The van der Waals surface area contributed by atoms with Crippen molar-refractivity contribution in [2.24, 2.45) is 0 Å². The Balaban J connectivity index is 1.64. The Labute approximate surface area is 138 Å². The minimum Gasteiger partial charge on any atom is -0.444 e. The second-order valence-electron chi connectivity index (χ2n) is 5.40. The maximum Gasteiger partial charge on any atom is 0.289 e. The van der Waals surface area contributed by atoms with Gasteiger partial charge in [-0.15, -0.1) is 0 Å². The van der Waals surface area contributed by atoms with Crippen molar-refractivity contribution in [3.8, 4) is 0 Å². The number of hydrogen-bond donors (Lipinski definition) is 0. The van der Waals surface area contributed by atoms with E-state index in [1.165, 1.54) is 5.57 Å². The van der Waals surface area contributed by atoms with E-state index in [0.29, 0.717) is 10.4 Å². The lowest BCUT2D eigenvalue weighted by Crippen LogP contribution is -2.36. The van der Waals surface area contributed by atoms with Crippen LogP contribution in [-0.4, -0.2) is 28.9 Å². The van der Waals surface area contributed by atoms with Gasteiger partial charge in [-0.05, 0) is 66.0 Å². The fourth-order valence-corrected chi connectivity index (χ4v) is 2.89. The first kappa shape index (κ1) is 15.0. The molecule has 2 aromatic heterocycles. The zero-order valence-electron chi connectivity index (χ0n) is 12.4. The normalized spacial score (nSPS) is 15.0. The predicted octanol–water partition coefficient (Wildman–Crippen LogP) is 4.07. The summed E-state index contributed by atoms with van der Waals surface area (Å²) in [7, 11) is 0. The van der Waals surface area contributed by atoms with Crippen LogP contribution in [0.4, 0.5) is 0 Å². The number of nitrogens with zero attached hydrogens (tertiary/aromatic N) is 2. The number of aromatic nitrogens is 1. The summed E-state index contributed by atoms with van der Waals surface area (Å²) in [6, 6.07) is 9.46. The Morgan fingerprint density at radius 3 is 2.68 bits per heavy atom. The van der Waals surface area contributed by atoms with Gasteiger partial charge in [-0.1, -0.05) is 11.6 Å². The van der Waals surface area contributed by atoms with Crippen molar-refractivity contribution in [2.75, 3.05) is 13.1 Å². The number of likely N-dealkylation sites (tertiary alicyclic amines) is 1. The minimum absolute atomic E-state index is 0.0431. The Morgan fingerprint density at radius 1 is 1.27 bits per heavy atom. The molecule has 0 saturated carbocycles. The van der Waals surface area contributed by atoms with Crippen LogP contribution in [0.25, 0.3) is 6.08 Å². The largest absolute Gasteiger partial charge is 0.444 e. The number of aryl methyl sites for hydroxylation is 1. The van der Waals surface area contributed by atoms with Crippen LogP contribution < -0.4 is 0 Å². The molecule has 22 heavy (non-hydrogen) atoms. The zero-order chi connectivity index (χ0) is 15.5. The molecule has 3 heterocycles. The topological polar surface area (TPSA) is 46.3 Å². The molecule has 0 unspecified atom stereocenters. The van der Waals surface area contributed by atoms with E-state index in [1.54, 1.807) is 12.1 Å². The lowest BCUT2D eigenvalue weighted by Gasteiger charge is -2.27. The summed E-state index contributed by atoms with van der Waals surface area (Å²) >= 11 is 3.22. The van der Waals surface area contributed by atoms with Crippen molar-refractivity contribution < 1.29 is 9.21 Å². The molecular weight excluding hydrogens is 344 g/mol. The molecule has 0 atom stereocenters. The summed E-state index contributed by atoms with van der Waals surface area (Å²) in [6.45, 7) is 3.42. The highest BCUT2D eigenvalue weighted by molar-refractivity contribution is 9.10. The van der Waals surface area contributed by atoms with E-state index in [4.69, 9.17) is 4.42 Å². The van der Waals surface area contributed by atoms with Gasteiger partial charge in [0.2, 0.25) is 0 Å². The van der Waals surface area contributed by atoms with Gasteiger partial charge in [0, 0.05) is 18.8 Å². The summed E-state index contributed by atoms with van der Waals surface area (Å²) in [5.41, 5.74) is 3.35. The van der Waals surface area contributed by atoms with E-state index < -0.39 is 0 Å². The van der Waals surface area contributed by atoms with Gasteiger partial charge in [-0.2, -0.15) is 0 Å². The maximum atomic E-state index is 12.3. The number of pyridine rings is 1. The third-order valence-electron chi connectivity index (χ3n) is 3.74. The van der Waals surface area contributed by atoms with Crippen LogP contribution in [0.2, 0.25) is 0 Å². The second kappa shape index (κ2) is 6.48. The van der Waals surface area contributed by atoms with E-state index in [9.17, 15) is 4.79 Å². The third kappa shape index (κ3) is 3.47. The molecule has 0 radical (unpaired) electrons. The fraction of sp³-hybridized carbons (Fsp3) is 0.294. The fourth-order valence-electron chi connectivity index (χ4n) is 2.58. The summed E-state index contributed by atoms with van der Waals surface area (Å²) in [5.74, 6) is 0.345. The number of amides is 1. The molecule has 2 aromatic rings. The average molecular weight is 361 g/mol. The van der Waals surface area contributed by atoms with Gasteiger partial charge in [0.15, 0.2) is 10.4 Å². The van der Waals surface area contributed by atoms with Crippen LogP contribution in [0.3, 0.4) is 0 Å². The number of halogens is 1. The summed E-state index contributed by atoms with van der Waals surface area (Å²) in [5, 5.41) is 0. The maximum absolute atomic E-state index is 12.3. The highest BCUT2D eigenvalue weighted by atomic mass is 79.9. The SMILES string of the molecule is Cc1cccc(C=C2CCN(C(=O)c3ccc(Br)o3)CC2)n1. The van der Waals surface area contributed by atoms with Crippen molar-refractivity contribution in [1.82, 2.24) is 9.88 Å². The molecule has 1 aliphatic rings. The van der Waals surface area contributed by atoms with E-state index in [0.717, 1.165) is 37.3 Å². The number of carbonyl (C=O) groups is 1. The first-order valence-corrected chi connectivity index (χ1v) is 8.09. The van der Waals surface area contributed by atoms with Crippen LogP contribution >= 0.6 is 15.9 Å². The van der Waals surface area contributed by atoms with Crippen LogP contribution in [0.15, 0.2) is 45.0 Å². The molecule has 0 spiro atoms. The third-order valence-corrected chi connectivity index (χ3v) is 4.16. The molecule has 1 aliphatic heterocycles. The molecule has 1 amide bonds. The molecule has 3 rings (SSSR count). The van der Waals surface area contributed by atoms with Gasteiger partial charge in [-0.25, -0.2) is 0 Å². The molecule has 5 heteroatoms. The minimum atomic E-state index is -0.0431. The standard InChI is InChI=1S/C17H17BrN2O2/c1-12-3-2-4-14(19-12)11-13-7-9-20(10-8-13)17(21)15-5-6-16(18)22-15/h2-6,11H,7-10H2,1H3. The lowest BCUT2D eigenvalue weighted by molar-refractivity contribution is 0.0710. The lowest BCUT2D eigenvalue weighted by atomic mass is 10.0. The molecular formula is C17H17BrN2O2. The second-order valence-corrected chi connectivity index (χ2v) is 6.18. The van der Waals surface area contributed by atoms with E-state index in [-0.39, 0.29) is 5.91 Å². The van der Waals surface area contributed by atoms with Crippen LogP contribution in [0.1, 0.15) is 34.8 Å². The molecule has 4 nitrogen and oxygen atoms in total. The molecule has 0 N–H and O–H groups in total. The smallest absolute Gasteiger partial charge is 0.289 e. The highest BCUT2D eigenvalue weighted by Crippen LogP contribution is 2.22. The van der Waals surface area contributed by atoms with Crippen LogP contribution in [0.5, 0.6) is 0 Å². The van der Waals surface area contributed by atoms with Gasteiger partial charge in [0.25, 0.3) is 5.91 Å². The van der Waals surface area contributed by atoms with Crippen molar-refractivity contribution in [1.29, 1.82) is 0 Å². The first-order chi connectivity index (χ1) is 10.6. The predicted molar refractivity (Wildman–Crippen MR) is 88.5 cm³/mol. The molecule has 0 aromatic carbocycles. The Kier molecular flexibility index (Phi) is 4.43. The van der Waals surface area contributed by atoms with Gasteiger partial charge < -0.3 is 9.32 Å². The quantitative estimate of drug-likeness (QED) is 0.810. The Bertz CT molecular complexity index is 711. The van der Waals surface area contributed by atoms with Crippen LogP contribution in [0, 0.1) is 6.92 Å². The number of rotatable bonds is 2. The zero-order valence-corrected chi connectivity index (χ0v) is 14.0. The molecule has 0 bridgehead atoms.